The molecule has 15 heavy (non-hydrogen) atoms. The molecule has 0 saturated heterocycles. The SMILES string of the molecule is COONc1cc(Br)ccc1N=C(N)Cl. The Hall–Kier alpha value is -0.820. The molecule has 3 N–H and O–H groups in total. The summed E-state index contributed by atoms with van der Waals surface area (Å²) in [6, 6.07) is 5.27. The molecule has 0 unspecified atom stereocenters. The molecule has 0 radical (unpaired) electrons. The van der Waals surface area contributed by atoms with Crippen molar-refractivity contribution in [1.82, 2.24) is 0 Å². The normalized spacial score (nSPS) is 11.5. The summed E-state index contributed by atoms with van der Waals surface area (Å²) >= 11 is 8.78. The number of halogens is 2. The summed E-state index contributed by atoms with van der Waals surface area (Å²) in [5.74, 6) is 0. The maximum absolute atomic E-state index is 5.47. The Morgan fingerprint density at radius 1 is 1.60 bits per heavy atom. The predicted molar refractivity (Wildman–Crippen MR) is 63.0 cm³/mol. The highest BCUT2D eigenvalue weighted by atomic mass is 79.9. The molecule has 0 saturated carbocycles. The van der Waals surface area contributed by atoms with Crippen molar-refractivity contribution < 1.29 is 9.88 Å². The van der Waals surface area contributed by atoms with E-state index in [1.54, 1.807) is 18.2 Å². The first-order chi connectivity index (χ1) is 7.13. The molecule has 1 aromatic rings. The second-order valence-corrected chi connectivity index (χ2v) is 3.75. The van der Waals surface area contributed by atoms with Gasteiger partial charge in [-0.05, 0) is 29.8 Å². The molecular formula is C8H9BrClN3O2. The minimum Gasteiger partial charge on any atom is -0.374 e. The minimum atomic E-state index is -0.0576. The van der Waals surface area contributed by atoms with Gasteiger partial charge < -0.3 is 5.73 Å². The maximum atomic E-state index is 5.47. The molecule has 0 heterocycles. The number of anilines is 1. The number of nitrogens with two attached hydrogens (primary N) is 1. The summed E-state index contributed by atoms with van der Waals surface area (Å²) in [5, 5.41) is -0.0576. The van der Waals surface area contributed by atoms with Crippen LogP contribution < -0.4 is 11.2 Å². The second-order valence-electron chi connectivity index (χ2n) is 2.45. The maximum Gasteiger partial charge on any atom is 0.193 e. The van der Waals surface area contributed by atoms with Gasteiger partial charge in [0.2, 0.25) is 0 Å². The Kier molecular flexibility index (Phi) is 4.83. The number of hydrogen-bond donors (Lipinski definition) is 2. The summed E-state index contributed by atoms with van der Waals surface area (Å²) < 4.78 is 0.858. The summed E-state index contributed by atoms with van der Waals surface area (Å²) in [6.07, 6.45) is 0. The van der Waals surface area contributed by atoms with E-state index in [9.17, 15) is 0 Å². The van der Waals surface area contributed by atoms with Crippen LogP contribution in [0.4, 0.5) is 11.4 Å². The van der Waals surface area contributed by atoms with Crippen molar-refractivity contribution in [3.05, 3.63) is 22.7 Å². The smallest absolute Gasteiger partial charge is 0.193 e. The molecule has 1 rings (SSSR count). The largest absolute Gasteiger partial charge is 0.374 e. The van der Waals surface area contributed by atoms with Gasteiger partial charge in [0, 0.05) is 4.47 Å². The molecule has 7 heteroatoms. The van der Waals surface area contributed by atoms with Crippen LogP contribution in [0, 0.1) is 0 Å². The van der Waals surface area contributed by atoms with E-state index in [2.05, 4.69) is 36.3 Å². The highest BCUT2D eigenvalue weighted by Gasteiger charge is 2.03. The highest BCUT2D eigenvalue weighted by Crippen LogP contribution is 2.28. The molecule has 0 aromatic heterocycles. The molecule has 5 nitrogen and oxygen atoms in total. The van der Waals surface area contributed by atoms with Crippen molar-refractivity contribution >= 4 is 44.2 Å². The van der Waals surface area contributed by atoms with Crippen molar-refractivity contribution in [3.8, 4) is 0 Å². The zero-order chi connectivity index (χ0) is 11.3. The van der Waals surface area contributed by atoms with Gasteiger partial charge in [0.05, 0.1) is 18.5 Å². The van der Waals surface area contributed by atoms with Crippen molar-refractivity contribution in [2.45, 2.75) is 0 Å². The average Bonchev–Trinajstić information content (AvgIpc) is 2.18. The molecular weight excluding hydrogens is 285 g/mol. The van der Waals surface area contributed by atoms with E-state index in [-0.39, 0.29) is 5.29 Å². The number of nitrogens with one attached hydrogen (secondary N) is 1. The molecule has 0 aliphatic rings. The van der Waals surface area contributed by atoms with Crippen LogP contribution in [0.1, 0.15) is 0 Å². The molecule has 82 valence electrons. The Bertz CT molecular complexity index is 369. The average molecular weight is 295 g/mol. The summed E-state index contributed by atoms with van der Waals surface area (Å²) in [6.45, 7) is 0. The second kappa shape index (κ2) is 5.92. The van der Waals surface area contributed by atoms with Gasteiger partial charge in [-0.3, -0.25) is 0 Å². The van der Waals surface area contributed by atoms with Crippen molar-refractivity contribution in [3.63, 3.8) is 0 Å². The minimum absolute atomic E-state index is 0.0576. The van der Waals surface area contributed by atoms with Crippen LogP contribution in [0.3, 0.4) is 0 Å². The van der Waals surface area contributed by atoms with Gasteiger partial charge in [0.15, 0.2) is 5.29 Å². The zero-order valence-corrected chi connectivity index (χ0v) is 10.2. The topological polar surface area (TPSA) is 68.9 Å². The van der Waals surface area contributed by atoms with Crippen LogP contribution in [0.5, 0.6) is 0 Å². The van der Waals surface area contributed by atoms with Gasteiger partial charge in [-0.15, -0.1) is 4.99 Å². The Balaban J connectivity index is 2.97. The molecule has 0 aliphatic heterocycles. The van der Waals surface area contributed by atoms with E-state index in [0.29, 0.717) is 11.4 Å². The van der Waals surface area contributed by atoms with Gasteiger partial charge in [0.1, 0.15) is 0 Å². The molecule has 0 atom stereocenters. The van der Waals surface area contributed by atoms with Crippen LogP contribution >= 0.6 is 27.5 Å². The fourth-order valence-electron chi connectivity index (χ4n) is 0.889. The molecule has 0 spiro atoms. The number of aliphatic imine (C=N–C) groups is 1. The number of rotatable bonds is 4. The van der Waals surface area contributed by atoms with Crippen LogP contribution in [-0.4, -0.2) is 12.4 Å². The fourth-order valence-corrected chi connectivity index (χ4v) is 1.34. The van der Waals surface area contributed by atoms with Gasteiger partial charge in [-0.1, -0.05) is 15.9 Å². The van der Waals surface area contributed by atoms with E-state index in [0.717, 1.165) is 4.47 Å². The monoisotopic (exact) mass is 293 g/mol. The van der Waals surface area contributed by atoms with E-state index in [1.807, 2.05) is 0 Å². The summed E-state index contributed by atoms with van der Waals surface area (Å²) in [4.78, 5) is 12.9. The molecule has 0 amide bonds. The third kappa shape index (κ3) is 4.05. The Labute approximate surface area is 100 Å². The van der Waals surface area contributed by atoms with Crippen LogP contribution in [-0.2, 0) is 9.88 Å². The lowest BCUT2D eigenvalue weighted by Crippen LogP contribution is -2.03. The first-order valence-corrected chi connectivity index (χ1v) is 5.05. The number of hydrogen-bond acceptors (Lipinski definition) is 4. The highest BCUT2D eigenvalue weighted by molar-refractivity contribution is 9.10. The Morgan fingerprint density at radius 3 is 2.93 bits per heavy atom. The standard InChI is InChI=1S/C8H9BrClN3O2/c1-14-15-13-7-4-5(9)2-3-6(7)12-8(10)11/h2-4,13H,1H3,(H2,11,12). The van der Waals surface area contributed by atoms with Gasteiger partial charge in [-0.25, -0.2) is 15.4 Å². The van der Waals surface area contributed by atoms with E-state index in [1.165, 1.54) is 7.11 Å². The number of nitrogens with zero attached hydrogens (tertiary/aromatic N) is 1. The van der Waals surface area contributed by atoms with Gasteiger partial charge >= 0.3 is 0 Å². The predicted octanol–water partition coefficient (Wildman–Crippen LogP) is 2.54. The quantitative estimate of drug-likeness (QED) is 0.294. The summed E-state index contributed by atoms with van der Waals surface area (Å²) in [7, 11) is 1.38. The lowest BCUT2D eigenvalue weighted by atomic mass is 10.3. The zero-order valence-electron chi connectivity index (χ0n) is 7.83. The number of amidine groups is 1. The molecule has 0 fully saturated rings. The first-order valence-electron chi connectivity index (χ1n) is 3.88. The van der Waals surface area contributed by atoms with Crippen molar-refractivity contribution in [2.24, 2.45) is 10.7 Å². The summed E-state index contributed by atoms with van der Waals surface area (Å²) in [5.41, 5.74) is 8.92. The molecule has 0 bridgehead atoms. The lowest BCUT2D eigenvalue weighted by Gasteiger charge is -2.07. The third-order valence-electron chi connectivity index (χ3n) is 1.42. The first kappa shape index (κ1) is 12.3. The van der Waals surface area contributed by atoms with E-state index in [4.69, 9.17) is 17.3 Å². The van der Waals surface area contributed by atoms with Crippen LogP contribution in [0.2, 0.25) is 0 Å². The lowest BCUT2D eigenvalue weighted by molar-refractivity contribution is -0.248. The van der Waals surface area contributed by atoms with E-state index >= 15 is 0 Å². The fraction of sp³-hybridized carbons (Fsp3) is 0.125. The van der Waals surface area contributed by atoms with Gasteiger partial charge in [-0.2, -0.15) is 0 Å². The third-order valence-corrected chi connectivity index (χ3v) is 2.00. The van der Waals surface area contributed by atoms with Crippen LogP contribution in [0.15, 0.2) is 27.7 Å². The van der Waals surface area contributed by atoms with Crippen molar-refractivity contribution in [1.29, 1.82) is 0 Å². The number of benzene rings is 1. The van der Waals surface area contributed by atoms with E-state index < -0.39 is 0 Å². The van der Waals surface area contributed by atoms with Crippen molar-refractivity contribution in [2.75, 3.05) is 12.6 Å². The van der Waals surface area contributed by atoms with Gasteiger partial charge in [0.25, 0.3) is 0 Å². The van der Waals surface area contributed by atoms with Crippen LogP contribution in [0.25, 0.3) is 0 Å². The molecule has 1 aromatic carbocycles. The molecule has 0 aliphatic carbocycles. The Morgan fingerprint density at radius 2 is 2.33 bits per heavy atom.